The van der Waals surface area contributed by atoms with Gasteiger partial charge in [0, 0.05) is 18.5 Å². The van der Waals surface area contributed by atoms with Crippen molar-refractivity contribution < 1.29 is 14.4 Å². The molecule has 0 atom stereocenters. The van der Waals surface area contributed by atoms with Gasteiger partial charge in [-0.1, -0.05) is 5.16 Å². The number of halogens is 1. The van der Waals surface area contributed by atoms with E-state index in [0.29, 0.717) is 18.5 Å². The van der Waals surface area contributed by atoms with E-state index in [-0.39, 0.29) is 24.3 Å². The minimum absolute atomic E-state index is 0.0568. The van der Waals surface area contributed by atoms with Gasteiger partial charge >= 0.3 is 0 Å². The van der Waals surface area contributed by atoms with Gasteiger partial charge in [0.15, 0.2) is 0 Å². The average molecular weight is 233 g/mol. The molecule has 0 bridgehead atoms. The quantitative estimate of drug-likeness (QED) is 0.783. The molecule has 1 aromatic heterocycles. The van der Waals surface area contributed by atoms with Crippen LogP contribution < -0.4 is 5.32 Å². The number of rotatable bonds is 5. The second-order valence-corrected chi connectivity index (χ2v) is 3.44. The van der Waals surface area contributed by atoms with Crippen LogP contribution in [0.2, 0.25) is 5.22 Å². The Hall–Kier alpha value is -1.07. The lowest BCUT2D eigenvalue weighted by Crippen LogP contribution is -2.26. The number of amides is 1. The molecular formula is C9H13ClN2O3. The Labute approximate surface area is 92.4 Å². The fraction of sp³-hybridized carbons (Fsp3) is 0.556. The zero-order valence-corrected chi connectivity index (χ0v) is 9.17. The minimum atomic E-state index is -0.124. The van der Waals surface area contributed by atoms with Crippen LogP contribution >= 0.6 is 11.6 Å². The second-order valence-electron chi connectivity index (χ2n) is 3.09. The highest BCUT2D eigenvalue weighted by Crippen LogP contribution is 2.20. The monoisotopic (exact) mass is 232 g/mol. The molecular weight excluding hydrogens is 220 g/mol. The Morgan fingerprint density at radius 1 is 1.67 bits per heavy atom. The maximum Gasteiger partial charge on any atom is 0.229 e. The number of aliphatic hydroxyl groups excluding tert-OH is 1. The normalized spacial score (nSPS) is 10.3. The first-order valence-corrected chi connectivity index (χ1v) is 5.01. The van der Waals surface area contributed by atoms with Gasteiger partial charge < -0.3 is 14.9 Å². The summed E-state index contributed by atoms with van der Waals surface area (Å²) in [6.45, 7) is 1.99. The second kappa shape index (κ2) is 5.72. The van der Waals surface area contributed by atoms with Gasteiger partial charge in [0.1, 0.15) is 0 Å². The fourth-order valence-corrected chi connectivity index (χ4v) is 1.43. The summed E-state index contributed by atoms with van der Waals surface area (Å²) < 4.78 is 4.75. The van der Waals surface area contributed by atoms with Crippen LogP contribution in [0.15, 0.2) is 4.52 Å². The molecule has 6 heteroatoms. The van der Waals surface area contributed by atoms with Crippen LogP contribution in [-0.4, -0.2) is 29.3 Å². The van der Waals surface area contributed by atoms with Gasteiger partial charge in [-0.3, -0.25) is 4.79 Å². The summed E-state index contributed by atoms with van der Waals surface area (Å²) >= 11 is 5.73. The third kappa shape index (κ3) is 3.53. The average Bonchev–Trinajstić information content (AvgIpc) is 2.53. The van der Waals surface area contributed by atoms with E-state index in [1.54, 1.807) is 6.92 Å². The summed E-state index contributed by atoms with van der Waals surface area (Å²) in [5, 5.41) is 15.0. The van der Waals surface area contributed by atoms with Crippen molar-refractivity contribution in [3.8, 4) is 0 Å². The number of carbonyl (C=O) groups excluding carboxylic acids is 1. The molecule has 2 N–H and O–H groups in total. The highest BCUT2D eigenvalue weighted by molar-refractivity contribution is 6.29. The van der Waals surface area contributed by atoms with E-state index in [1.165, 1.54) is 0 Å². The van der Waals surface area contributed by atoms with E-state index in [1.807, 2.05) is 0 Å². The van der Waals surface area contributed by atoms with Gasteiger partial charge in [-0.25, -0.2) is 0 Å². The van der Waals surface area contributed by atoms with Crippen LogP contribution in [0.3, 0.4) is 0 Å². The molecule has 0 aromatic carbocycles. The van der Waals surface area contributed by atoms with Crippen molar-refractivity contribution in [2.24, 2.45) is 0 Å². The van der Waals surface area contributed by atoms with Crippen molar-refractivity contribution in [2.75, 3.05) is 13.2 Å². The van der Waals surface area contributed by atoms with Crippen molar-refractivity contribution in [3.63, 3.8) is 0 Å². The van der Waals surface area contributed by atoms with Crippen molar-refractivity contribution in [3.05, 3.63) is 16.5 Å². The molecule has 0 unspecified atom stereocenters. The highest BCUT2D eigenvalue weighted by atomic mass is 35.5. The lowest BCUT2D eigenvalue weighted by atomic mass is 10.1. The minimum Gasteiger partial charge on any atom is -0.395 e. The maximum atomic E-state index is 11.2. The van der Waals surface area contributed by atoms with Crippen LogP contribution in [0.25, 0.3) is 0 Å². The number of aromatic nitrogens is 1. The van der Waals surface area contributed by atoms with Crippen molar-refractivity contribution in [2.45, 2.75) is 19.8 Å². The van der Waals surface area contributed by atoms with Crippen molar-refractivity contribution in [1.29, 1.82) is 0 Å². The molecule has 1 rings (SSSR count). The summed E-state index contributed by atoms with van der Waals surface area (Å²) in [7, 11) is 0. The van der Waals surface area contributed by atoms with Crippen molar-refractivity contribution in [1.82, 2.24) is 10.5 Å². The predicted octanol–water partition coefficient (Wildman–Crippen LogP) is 0.678. The SMILES string of the molecule is Cc1noc(Cl)c1CCC(=O)NCCO. The van der Waals surface area contributed by atoms with Gasteiger partial charge in [0.2, 0.25) is 11.1 Å². The topological polar surface area (TPSA) is 75.4 Å². The third-order valence-corrected chi connectivity index (χ3v) is 2.27. The number of aryl methyl sites for hydroxylation is 1. The van der Waals surface area contributed by atoms with E-state index in [0.717, 1.165) is 5.56 Å². The van der Waals surface area contributed by atoms with E-state index in [2.05, 4.69) is 10.5 Å². The van der Waals surface area contributed by atoms with Gasteiger partial charge in [0.05, 0.1) is 12.3 Å². The Bertz CT molecular complexity index is 319. The zero-order valence-electron chi connectivity index (χ0n) is 8.42. The molecule has 0 aliphatic carbocycles. The first kappa shape index (κ1) is 12.0. The number of hydrogen-bond donors (Lipinski definition) is 2. The molecule has 5 nitrogen and oxygen atoms in total. The Balaban J connectivity index is 2.40. The summed E-state index contributed by atoms with van der Waals surface area (Å²) in [4.78, 5) is 11.2. The smallest absolute Gasteiger partial charge is 0.229 e. The molecule has 0 aliphatic heterocycles. The maximum absolute atomic E-state index is 11.2. The molecule has 1 aromatic rings. The highest BCUT2D eigenvalue weighted by Gasteiger charge is 2.12. The summed E-state index contributed by atoms with van der Waals surface area (Å²) in [5.74, 6) is -0.124. The van der Waals surface area contributed by atoms with Crippen LogP contribution in [0, 0.1) is 6.92 Å². The van der Waals surface area contributed by atoms with E-state index < -0.39 is 0 Å². The van der Waals surface area contributed by atoms with E-state index >= 15 is 0 Å². The number of nitrogens with one attached hydrogen (secondary N) is 1. The summed E-state index contributed by atoms with van der Waals surface area (Å²) in [5.41, 5.74) is 1.46. The number of carbonyl (C=O) groups is 1. The molecule has 1 amide bonds. The Morgan fingerprint density at radius 2 is 2.40 bits per heavy atom. The largest absolute Gasteiger partial charge is 0.395 e. The molecule has 0 aliphatic rings. The standard InChI is InChI=1S/C9H13ClN2O3/c1-6-7(9(10)15-12-6)2-3-8(14)11-4-5-13/h13H,2-5H2,1H3,(H,11,14). The molecule has 0 radical (unpaired) electrons. The summed E-state index contributed by atoms with van der Waals surface area (Å²) in [6, 6.07) is 0. The zero-order chi connectivity index (χ0) is 11.3. The molecule has 1 heterocycles. The van der Waals surface area contributed by atoms with Gasteiger partial charge in [-0.05, 0) is 24.9 Å². The number of nitrogens with zero attached hydrogens (tertiary/aromatic N) is 1. The number of aliphatic hydroxyl groups is 1. The molecule has 0 saturated heterocycles. The summed E-state index contributed by atoms with van der Waals surface area (Å²) in [6.07, 6.45) is 0.799. The van der Waals surface area contributed by atoms with Crippen molar-refractivity contribution >= 4 is 17.5 Å². The van der Waals surface area contributed by atoms with Crippen LogP contribution in [0.5, 0.6) is 0 Å². The molecule has 0 fully saturated rings. The lowest BCUT2D eigenvalue weighted by molar-refractivity contribution is -0.121. The van der Waals surface area contributed by atoms with E-state index in [4.69, 9.17) is 21.2 Å². The van der Waals surface area contributed by atoms with Gasteiger partial charge in [0.25, 0.3) is 0 Å². The first-order valence-electron chi connectivity index (χ1n) is 4.63. The van der Waals surface area contributed by atoms with Crippen LogP contribution in [0.4, 0.5) is 0 Å². The molecule has 15 heavy (non-hydrogen) atoms. The van der Waals surface area contributed by atoms with Gasteiger partial charge in [-0.15, -0.1) is 0 Å². The predicted molar refractivity (Wildman–Crippen MR) is 54.7 cm³/mol. The lowest BCUT2D eigenvalue weighted by Gasteiger charge is -2.02. The Morgan fingerprint density at radius 3 is 2.93 bits per heavy atom. The van der Waals surface area contributed by atoms with Crippen LogP contribution in [-0.2, 0) is 11.2 Å². The van der Waals surface area contributed by atoms with E-state index in [9.17, 15) is 4.79 Å². The molecule has 0 spiro atoms. The fourth-order valence-electron chi connectivity index (χ4n) is 1.16. The first-order chi connectivity index (χ1) is 7.15. The Kier molecular flexibility index (Phi) is 4.58. The van der Waals surface area contributed by atoms with Crippen LogP contribution in [0.1, 0.15) is 17.7 Å². The molecule has 0 saturated carbocycles. The molecule has 84 valence electrons. The third-order valence-electron chi connectivity index (χ3n) is 1.97. The van der Waals surface area contributed by atoms with Gasteiger partial charge in [-0.2, -0.15) is 0 Å². The number of hydrogen-bond acceptors (Lipinski definition) is 4.